The van der Waals surface area contributed by atoms with E-state index < -0.39 is 24.1 Å². The molecule has 0 bridgehead atoms. The zero-order chi connectivity index (χ0) is 36.9. The lowest BCUT2D eigenvalue weighted by atomic mass is 9.72. The maximum absolute atomic E-state index is 12.8. The minimum absolute atomic E-state index is 0.218. The van der Waals surface area contributed by atoms with Crippen molar-refractivity contribution in [3.05, 3.63) is 117 Å². The van der Waals surface area contributed by atoms with Crippen LogP contribution in [0.2, 0.25) is 0 Å². The van der Waals surface area contributed by atoms with Gasteiger partial charge in [-0.25, -0.2) is 9.59 Å². The monoisotopic (exact) mass is 680 g/mol. The summed E-state index contributed by atoms with van der Waals surface area (Å²) in [4.78, 5) is 25.6. The van der Waals surface area contributed by atoms with Crippen LogP contribution in [0.25, 0.3) is 0 Å². The normalized spacial score (nSPS) is 24.3. The zero-order valence-corrected chi connectivity index (χ0v) is 32.8. The summed E-state index contributed by atoms with van der Waals surface area (Å²) >= 11 is 0. The Morgan fingerprint density at radius 2 is 0.960 bits per heavy atom. The fourth-order valence-corrected chi connectivity index (χ4v) is 7.43. The smallest absolute Gasteiger partial charge is 0.331 e. The van der Waals surface area contributed by atoms with Crippen molar-refractivity contribution in [3.63, 3.8) is 0 Å². The maximum atomic E-state index is 12.8. The Labute approximate surface area is 304 Å². The number of allylic oxidation sites excluding steroid dienone is 18. The number of ether oxygens (including phenoxy) is 2. The van der Waals surface area contributed by atoms with Crippen molar-refractivity contribution in [3.8, 4) is 0 Å². The van der Waals surface area contributed by atoms with Crippen LogP contribution in [-0.4, -0.2) is 24.1 Å². The second kappa shape index (κ2) is 19.1. The van der Waals surface area contributed by atoms with Gasteiger partial charge in [-0.15, -0.1) is 0 Å². The summed E-state index contributed by atoms with van der Waals surface area (Å²) in [6.45, 7) is 21.8. The highest BCUT2D eigenvalue weighted by molar-refractivity contribution is 5.84. The molecule has 0 aromatic carbocycles. The van der Waals surface area contributed by atoms with Crippen molar-refractivity contribution in [2.45, 2.75) is 146 Å². The summed E-state index contributed by atoms with van der Waals surface area (Å²) in [5.74, 6) is -0.820. The fourth-order valence-electron chi connectivity index (χ4n) is 7.43. The molecule has 0 N–H and O–H groups in total. The minimum Gasteiger partial charge on any atom is -0.455 e. The van der Waals surface area contributed by atoms with Crippen molar-refractivity contribution >= 4 is 11.9 Å². The molecule has 0 aromatic rings. The molecule has 0 aromatic heterocycles. The van der Waals surface area contributed by atoms with Crippen molar-refractivity contribution in [2.75, 3.05) is 0 Å². The highest BCUT2D eigenvalue weighted by Crippen LogP contribution is 2.41. The highest BCUT2D eigenvalue weighted by Gasteiger charge is 2.31. The summed E-state index contributed by atoms with van der Waals surface area (Å²) < 4.78 is 11.6. The minimum atomic E-state index is -0.447. The topological polar surface area (TPSA) is 52.6 Å². The number of esters is 2. The van der Waals surface area contributed by atoms with Crippen LogP contribution in [0.1, 0.15) is 133 Å². The van der Waals surface area contributed by atoms with Crippen LogP contribution in [0.3, 0.4) is 0 Å². The Morgan fingerprint density at radius 3 is 1.32 bits per heavy atom. The molecule has 4 heteroatoms. The van der Waals surface area contributed by atoms with Gasteiger partial charge in [-0.2, -0.15) is 0 Å². The molecule has 0 amide bonds. The average molecular weight is 681 g/mol. The van der Waals surface area contributed by atoms with Gasteiger partial charge in [0.25, 0.3) is 0 Å². The molecule has 2 atom stereocenters. The van der Waals surface area contributed by atoms with Crippen LogP contribution >= 0.6 is 0 Å². The molecule has 4 nitrogen and oxygen atoms in total. The second-order valence-corrected chi connectivity index (χ2v) is 16.1. The molecule has 0 aliphatic heterocycles. The van der Waals surface area contributed by atoms with Crippen LogP contribution < -0.4 is 0 Å². The Hall–Kier alpha value is -3.66. The van der Waals surface area contributed by atoms with E-state index in [1.54, 1.807) is 0 Å². The third kappa shape index (κ3) is 13.2. The fraction of sp³-hybridized carbons (Fsp3) is 0.522. The average Bonchev–Trinajstić information content (AvgIpc) is 3.00. The first-order valence-electron chi connectivity index (χ1n) is 18.8. The summed E-state index contributed by atoms with van der Waals surface area (Å²) in [6, 6.07) is 0. The van der Waals surface area contributed by atoms with E-state index in [0.717, 1.165) is 35.1 Å². The Morgan fingerprint density at radius 1 is 0.580 bits per heavy atom. The van der Waals surface area contributed by atoms with Crippen LogP contribution in [0.4, 0.5) is 0 Å². The molecule has 0 saturated heterocycles. The van der Waals surface area contributed by atoms with Crippen molar-refractivity contribution in [1.29, 1.82) is 0 Å². The number of hydrogen-bond acceptors (Lipinski definition) is 4. The van der Waals surface area contributed by atoms with Crippen LogP contribution in [0, 0.1) is 10.8 Å². The summed E-state index contributed by atoms with van der Waals surface area (Å²) in [5, 5.41) is 0. The van der Waals surface area contributed by atoms with Gasteiger partial charge in [-0.1, -0.05) is 111 Å². The third-order valence-electron chi connectivity index (χ3n) is 10.4. The molecular weight excluding hydrogens is 617 g/mol. The van der Waals surface area contributed by atoms with Crippen molar-refractivity contribution in [1.82, 2.24) is 0 Å². The van der Waals surface area contributed by atoms with E-state index >= 15 is 0 Å². The van der Waals surface area contributed by atoms with E-state index in [-0.39, 0.29) is 10.8 Å². The number of hydrogen-bond donors (Lipinski definition) is 0. The summed E-state index contributed by atoms with van der Waals surface area (Å²) in [7, 11) is 0. The standard InChI is InChI=1S/C46H64O4/c1-33(25-27-39-37(5)21-15-29-45(39,7)8)17-13-19-35(3)31-43(47)49-41-23-11-12-24-42(41)50-44(48)32-36(4)20-14-18-34(2)26-28-40-38(6)22-16-30-46(40,9)10/h13-14,17-20,25-28,31-32,41-42H,11-12,15-16,21-24,29-30H2,1-10H3/b19-13+,20-14+,27-25+,28-26+,33-17+,34-18+,35-31+,36-32+. The number of carbonyl (C=O) groups is 2. The first-order chi connectivity index (χ1) is 23.6. The molecule has 2 unspecified atom stereocenters. The van der Waals surface area contributed by atoms with Crippen LogP contribution in [0.5, 0.6) is 0 Å². The van der Waals surface area contributed by atoms with Gasteiger partial charge < -0.3 is 9.47 Å². The molecule has 272 valence electrons. The van der Waals surface area contributed by atoms with Crippen LogP contribution in [-0.2, 0) is 19.1 Å². The van der Waals surface area contributed by atoms with Crippen molar-refractivity contribution < 1.29 is 19.1 Å². The molecule has 3 aliphatic rings. The second-order valence-electron chi connectivity index (χ2n) is 16.1. The van der Waals surface area contributed by atoms with E-state index in [0.29, 0.717) is 12.8 Å². The van der Waals surface area contributed by atoms with Gasteiger partial charge in [0.2, 0.25) is 0 Å². The molecule has 50 heavy (non-hydrogen) atoms. The Kier molecular flexibility index (Phi) is 15.6. The van der Waals surface area contributed by atoms with E-state index in [4.69, 9.17) is 9.47 Å². The lowest BCUT2D eigenvalue weighted by Crippen LogP contribution is -2.37. The molecule has 0 radical (unpaired) electrons. The van der Waals surface area contributed by atoms with E-state index in [2.05, 4.69) is 91.8 Å². The Balaban J connectivity index is 1.52. The molecule has 1 fully saturated rings. The lowest BCUT2D eigenvalue weighted by Gasteiger charge is -2.33. The van der Waals surface area contributed by atoms with E-state index in [1.165, 1.54) is 73.0 Å². The lowest BCUT2D eigenvalue weighted by molar-refractivity contribution is -0.165. The predicted octanol–water partition coefficient (Wildman–Crippen LogP) is 12.4. The quantitative estimate of drug-likeness (QED) is 0.117. The molecule has 0 heterocycles. The van der Waals surface area contributed by atoms with Gasteiger partial charge in [0.05, 0.1) is 0 Å². The molecule has 1 saturated carbocycles. The predicted molar refractivity (Wildman–Crippen MR) is 210 cm³/mol. The molecule has 3 aliphatic carbocycles. The van der Waals surface area contributed by atoms with Gasteiger partial charge in [0.1, 0.15) is 12.2 Å². The largest absolute Gasteiger partial charge is 0.455 e. The summed E-state index contributed by atoms with van der Waals surface area (Å²) in [6.07, 6.45) is 33.4. The maximum Gasteiger partial charge on any atom is 0.331 e. The summed E-state index contributed by atoms with van der Waals surface area (Å²) in [5.41, 5.74) is 10.2. The first-order valence-corrected chi connectivity index (χ1v) is 18.8. The van der Waals surface area contributed by atoms with Gasteiger partial charge >= 0.3 is 11.9 Å². The number of rotatable bonds is 12. The Bertz CT molecular complexity index is 1420. The zero-order valence-electron chi connectivity index (χ0n) is 32.8. The third-order valence-corrected chi connectivity index (χ3v) is 10.4. The SMILES string of the molecule is CC1=C(/C=C/C(C)=C/C=C/C(C)=C/C(=O)OC2CCCCC2OC(=O)/C=C(C)/C=C/C=C(C)/C=C/C2=C(C)CCCC2(C)C)C(C)(C)CCC1. The van der Waals surface area contributed by atoms with Crippen LogP contribution in [0.15, 0.2) is 117 Å². The molecular formula is C46H64O4. The highest BCUT2D eigenvalue weighted by atomic mass is 16.6. The van der Waals surface area contributed by atoms with Gasteiger partial charge in [0.15, 0.2) is 0 Å². The van der Waals surface area contributed by atoms with Gasteiger partial charge in [-0.05, 0) is 139 Å². The van der Waals surface area contributed by atoms with Crippen molar-refractivity contribution in [2.24, 2.45) is 10.8 Å². The van der Waals surface area contributed by atoms with Gasteiger partial charge in [0, 0.05) is 12.2 Å². The molecule has 3 rings (SSSR count). The number of carbonyl (C=O) groups excluding carboxylic acids is 2. The molecule has 0 spiro atoms. The van der Waals surface area contributed by atoms with E-state index in [9.17, 15) is 9.59 Å². The van der Waals surface area contributed by atoms with E-state index in [1.807, 2.05) is 38.2 Å². The van der Waals surface area contributed by atoms with Gasteiger partial charge in [-0.3, -0.25) is 0 Å². The first kappa shape index (κ1) is 40.8.